The smallest absolute Gasteiger partial charge is 0.330 e. The minimum atomic E-state index is -0.864. The Bertz CT molecular complexity index is 1040. The normalized spacial score (nSPS) is 16.6. The lowest BCUT2D eigenvalue weighted by Gasteiger charge is -2.39. The molecule has 0 amide bonds. The summed E-state index contributed by atoms with van der Waals surface area (Å²) in [5, 5.41) is 1.63. The number of esters is 2. The van der Waals surface area contributed by atoms with Crippen molar-refractivity contribution >= 4 is 17.9 Å². The van der Waals surface area contributed by atoms with E-state index in [0.717, 1.165) is 11.1 Å². The van der Waals surface area contributed by atoms with Crippen molar-refractivity contribution in [2.45, 2.75) is 58.4 Å². The Labute approximate surface area is 212 Å². The number of carbonyl (C=O) groups excluding carboxylic acids is 3. The molecule has 8 nitrogen and oxygen atoms in total. The van der Waals surface area contributed by atoms with Gasteiger partial charge < -0.3 is 20.0 Å². The molecule has 0 radical (unpaired) electrons. The fourth-order valence-corrected chi connectivity index (χ4v) is 4.07. The zero-order valence-electron chi connectivity index (χ0n) is 21.5. The van der Waals surface area contributed by atoms with E-state index in [2.05, 4.69) is 0 Å². The first-order valence-electron chi connectivity index (χ1n) is 12.3. The summed E-state index contributed by atoms with van der Waals surface area (Å²) in [7, 11) is 0. The average molecular weight is 497 g/mol. The summed E-state index contributed by atoms with van der Waals surface area (Å²) in [5.41, 5.74) is 6.13. The third-order valence-corrected chi connectivity index (χ3v) is 6.30. The van der Waals surface area contributed by atoms with Crippen LogP contribution in [-0.2, 0) is 35.8 Å². The van der Waals surface area contributed by atoms with Crippen LogP contribution in [0.5, 0.6) is 5.75 Å². The maximum absolute atomic E-state index is 13.6. The molecule has 0 saturated carbocycles. The molecule has 1 saturated heterocycles. The Morgan fingerprint density at radius 2 is 1.61 bits per heavy atom. The molecule has 36 heavy (non-hydrogen) atoms. The number of ether oxygens (including phenoxy) is 2. The van der Waals surface area contributed by atoms with Crippen LogP contribution >= 0.6 is 0 Å². The Morgan fingerprint density at radius 1 is 1.00 bits per heavy atom. The predicted molar refractivity (Wildman–Crippen MR) is 135 cm³/mol. The summed E-state index contributed by atoms with van der Waals surface area (Å²) in [5.74, 6) is -0.700. The zero-order chi connectivity index (χ0) is 26.3. The number of carbonyl (C=O) groups is 3. The Morgan fingerprint density at radius 3 is 2.17 bits per heavy atom. The van der Waals surface area contributed by atoms with Crippen molar-refractivity contribution in [2.24, 2.45) is 11.1 Å². The van der Waals surface area contributed by atoms with Gasteiger partial charge in [0.1, 0.15) is 11.8 Å². The van der Waals surface area contributed by atoms with Gasteiger partial charge in [-0.3, -0.25) is 9.59 Å². The van der Waals surface area contributed by atoms with E-state index in [4.69, 9.17) is 20.0 Å². The second-order valence-electron chi connectivity index (χ2n) is 10.1. The molecule has 0 bridgehead atoms. The molecule has 3 rings (SSSR count). The van der Waals surface area contributed by atoms with Crippen molar-refractivity contribution in [3.05, 3.63) is 65.7 Å². The Kier molecular flexibility index (Phi) is 8.87. The summed E-state index contributed by atoms with van der Waals surface area (Å²) < 4.78 is 10.8. The van der Waals surface area contributed by atoms with E-state index in [9.17, 15) is 14.4 Å². The molecule has 0 aliphatic carbocycles. The average Bonchev–Trinajstić information content (AvgIpc) is 2.85. The van der Waals surface area contributed by atoms with Crippen LogP contribution in [0.1, 0.15) is 51.7 Å². The maximum atomic E-state index is 13.6. The molecule has 2 aromatic carbocycles. The van der Waals surface area contributed by atoms with Gasteiger partial charge in [0, 0.05) is 13.1 Å². The van der Waals surface area contributed by atoms with Gasteiger partial charge >= 0.3 is 17.9 Å². The van der Waals surface area contributed by atoms with Crippen LogP contribution in [0, 0.1) is 5.41 Å². The van der Waals surface area contributed by atoms with Crippen molar-refractivity contribution in [1.82, 2.24) is 5.06 Å². The third kappa shape index (κ3) is 6.71. The van der Waals surface area contributed by atoms with Crippen LogP contribution in [0.25, 0.3) is 0 Å². The van der Waals surface area contributed by atoms with Gasteiger partial charge in [-0.25, -0.2) is 4.79 Å². The molecular formula is C28H36N2O6. The molecule has 1 aliphatic rings. The predicted octanol–water partition coefficient (Wildman–Crippen LogP) is 3.56. The van der Waals surface area contributed by atoms with E-state index in [-0.39, 0.29) is 18.5 Å². The zero-order valence-corrected chi connectivity index (χ0v) is 21.5. The highest BCUT2D eigenvalue weighted by Crippen LogP contribution is 2.37. The third-order valence-electron chi connectivity index (χ3n) is 6.30. The van der Waals surface area contributed by atoms with Gasteiger partial charge in [-0.2, -0.15) is 0 Å². The molecule has 1 heterocycles. The number of nitrogens with two attached hydrogens (primary N) is 1. The minimum absolute atomic E-state index is 0.279. The van der Waals surface area contributed by atoms with Crippen LogP contribution < -0.4 is 10.5 Å². The van der Waals surface area contributed by atoms with Crippen LogP contribution in [-0.4, -0.2) is 48.7 Å². The molecule has 2 N–H and O–H groups in total. The van der Waals surface area contributed by atoms with E-state index in [1.807, 2.05) is 30.3 Å². The summed E-state index contributed by atoms with van der Waals surface area (Å²) in [6.07, 6.45) is 1.21. The number of rotatable bonds is 8. The number of hydrogen-bond acceptors (Lipinski definition) is 8. The highest BCUT2D eigenvalue weighted by Gasteiger charge is 2.45. The SMILES string of the molecule is CCOC(=O)[C@@H](N)Cc1ccc(OC(=O)C2(c3ccccc3)CCN(OC(=O)C(C)(C)C)CC2)cc1. The minimum Gasteiger partial charge on any atom is -0.465 e. The lowest BCUT2D eigenvalue weighted by Crippen LogP contribution is -2.50. The molecule has 1 aliphatic heterocycles. The number of benzene rings is 2. The maximum Gasteiger partial charge on any atom is 0.330 e. The molecule has 0 aromatic heterocycles. The van der Waals surface area contributed by atoms with E-state index in [0.29, 0.717) is 38.1 Å². The molecule has 194 valence electrons. The monoisotopic (exact) mass is 496 g/mol. The second kappa shape index (κ2) is 11.7. The van der Waals surface area contributed by atoms with Crippen molar-refractivity contribution in [3.8, 4) is 5.75 Å². The van der Waals surface area contributed by atoms with E-state index < -0.39 is 22.8 Å². The molecular weight excluding hydrogens is 460 g/mol. The highest BCUT2D eigenvalue weighted by atomic mass is 16.7. The molecule has 0 unspecified atom stereocenters. The topological polar surface area (TPSA) is 108 Å². The lowest BCUT2D eigenvalue weighted by atomic mass is 9.73. The van der Waals surface area contributed by atoms with Crippen molar-refractivity contribution < 1.29 is 28.7 Å². The van der Waals surface area contributed by atoms with E-state index >= 15 is 0 Å². The molecule has 0 spiro atoms. The first-order valence-corrected chi connectivity index (χ1v) is 12.3. The van der Waals surface area contributed by atoms with Gasteiger partial charge in [0.05, 0.1) is 17.4 Å². The number of nitrogens with zero attached hydrogens (tertiary/aromatic N) is 1. The number of hydrogen-bond donors (Lipinski definition) is 1. The van der Waals surface area contributed by atoms with Crippen molar-refractivity contribution in [3.63, 3.8) is 0 Å². The molecule has 1 atom stereocenters. The van der Waals surface area contributed by atoms with Gasteiger partial charge in [-0.1, -0.05) is 42.5 Å². The van der Waals surface area contributed by atoms with Crippen LogP contribution in [0.2, 0.25) is 0 Å². The van der Waals surface area contributed by atoms with Crippen LogP contribution in [0.15, 0.2) is 54.6 Å². The number of hydroxylamine groups is 2. The largest absolute Gasteiger partial charge is 0.465 e. The second-order valence-corrected chi connectivity index (χ2v) is 10.1. The fraction of sp³-hybridized carbons (Fsp3) is 0.464. The van der Waals surface area contributed by atoms with Crippen molar-refractivity contribution in [2.75, 3.05) is 19.7 Å². The molecule has 8 heteroatoms. The summed E-state index contributed by atoms with van der Waals surface area (Å²) in [4.78, 5) is 43.2. The van der Waals surface area contributed by atoms with Crippen molar-refractivity contribution in [1.29, 1.82) is 0 Å². The summed E-state index contributed by atoms with van der Waals surface area (Å²) in [6, 6.07) is 15.8. The first kappa shape index (κ1) is 27.4. The van der Waals surface area contributed by atoms with Crippen LogP contribution in [0.4, 0.5) is 0 Å². The van der Waals surface area contributed by atoms with Crippen LogP contribution in [0.3, 0.4) is 0 Å². The summed E-state index contributed by atoms with van der Waals surface area (Å²) in [6.45, 7) is 8.26. The van der Waals surface area contributed by atoms with E-state index in [1.54, 1.807) is 57.0 Å². The number of piperidine rings is 1. The van der Waals surface area contributed by atoms with Gasteiger partial charge in [0.15, 0.2) is 0 Å². The molecule has 1 fully saturated rings. The van der Waals surface area contributed by atoms with Gasteiger partial charge in [-0.05, 0) is 70.2 Å². The van der Waals surface area contributed by atoms with Gasteiger partial charge in [-0.15, -0.1) is 5.06 Å². The fourth-order valence-electron chi connectivity index (χ4n) is 4.07. The molecule has 2 aromatic rings. The quantitative estimate of drug-likeness (QED) is 0.437. The summed E-state index contributed by atoms with van der Waals surface area (Å²) >= 11 is 0. The Balaban J connectivity index is 1.71. The standard InChI is InChI=1S/C28H36N2O6/c1-5-34-24(31)23(29)19-20-11-13-22(14-12-20)35-26(33)28(21-9-7-6-8-10-21)15-17-30(18-16-28)36-25(32)27(2,3)4/h6-14,23H,5,15-19,29H2,1-4H3/t23-/m0/s1. The Hall–Kier alpha value is -3.23. The lowest BCUT2D eigenvalue weighted by molar-refractivity contribution is -0.207. The van der Waals surface area contributed by atoms with E-state index in [1.165, 1.54) is 0 Å². The van der Waals surface area contributed by atoms with Gasteiger partial charge in [0.2, 0.25) is 0 Å². The highest BCUT2D eigenvalue weighted by molar-refractivity contribution is 5.85. The first-order chi connectivity index (χ1) is 17.0. The van der Waals surface area contributed by atoms with Gasteiger partial charge in [0.25, 0.3) is 0 Å².